The molecule has 228 valence electrons. The topological polar surface area (TPSA) is 269 Å². The Balaban J connectivity index is 1.42. The number of fused-ring (bicyclic) bond motifs is 1. The number of phenols is 4. The molecule has 16 nitrogen and oxygen atoms in total. The predicted octanol–water partition coefficient (Wildman–Crippen LogP) is -2.08. The number of rotatable bonds is 7. The molecule has 10 N–H and O–H groups in total. The maximum atomic E-state index is 13.5. The van der Waals surface area contributed by atoms with E-state index in [0.717, 1.165) is 24.3 Å². The van der Waals surface area contributed by atoms with Gasteiger partial charge in [0.1, 0.15) is 65.2 Å². The van der Waals surface area contributed by atoms with E-state index in [4.69, 9.17) is 23.4 Å². The number of ether oxygens (including phenoxy) is 4. The van der Waals surface area contributed by atoms with Crippen molar-refractivity contribution in [2.75, 3.05) is 13.2 Å². The van der Waals surface area contributed by atoms with Crippen LogP contribution in [0.25, 0.3) is 22.3 Å². The molecule has 42 heavy (non-hydrogen) atoms. The molecule has 0 spiro atoms. The summed E-state index contributed by atoms with van der Waals surface area (Å²) < 4.78 is 27.2. The highest BCUT2D eigenvalue weighted by molar-refractivity contribution is 5.88. The van der Waals surface area contributed by atoms with E-state index in [1.807, 2.05) is 0 Å². The molecule has 16 heteroatoms. The molecule has 0 bridgehead atoms. The molecule has 3 aromatic rings. The van der Waals surface area contributed by atoms with Gasteiger partial charge in [-0.1, -0.05) is 0 Å². The molecule has 2 fully saturated rings. The largest absolute Gasteiger partial charge is 0.508 e. The zero-order valence-corrected chi connectivity index (χ0v) is 21.4. The predicted molar refractivity (Wildman–Crippen MR) is 136 cm³/mol. The minimum Gasteiger partial charge on any atom is -0.508 e. The van der Waals surface area contributed by atoms with E-state index in [9.17, 15) is 55.9 Å². The van der Waals surface area contributed by atoms with Gasteiger partial charge >= 0.3 is 0 Å². The van der Waals surface area contributed by atoms with Crippen molar-refractivity contribution in [2.24, 2.45) is 0 Å². The fraction of sp³-hybridized carbons (Fsp3) is 0.423. The monoisotopic (exact) mass is 596 g/mol. The smallest absolute Gasteiger partial charge is 0.239 e. The molecule has 1 aromatic heterocycles. The van der Waals surface area contributed by atoms with Crippen molar-refractivity contribution in [3.63, 3.8) is 0 Å². The second kappa shape index (κ2) is 11.5. The third-order valence-electron chi connectivity index (χ3n) is 6.91. The van der Waals surface area contributed by atoms with Crippen LogP contribution in [0.5, 0.6) is 28.7 Å². The third-order valence-corrected chi connectivity index (χ3v) is 6.91. The fourth-order valence-electron chi connectivity index (χ4n) is 4.65. The minimum atomic E-state index is -1.86. The maximum absolute atomic E-state index is 13.5. The Hall–Kier alpha value is -3.71. The second-order valence-electron chi connectivity index (χ2n) is 9.85. The molecule has 0 aliphatic carbocycles. The summed E-state index contributed by atoms with van der Waals surface area (Å²) in [6.45, 7) is -1.000. The summed E-state index contributed by atoms with van der Waals surface area (Å²) in [7, 11) is 0. The number of phenolic OH excluding ortho intramolecular Hbond substituents is 4. The average Bonchev–Trinajstić information content (AvgIpc) is 3.22. The van der Waals surface area contributed by atoms with E-state index < -0.39 is 101 Å². The van der Waals surface area contributed by atoms with Crippen LogP contribution in [0.2, 0.25) is 0 Å². The van der Waals surface area contributed by atoms with Crippen molar-refractivity contribution in [3.8, 4) is 40.1 Å². The van der Waals surface area contributed by atoms with Crippen molar-refractivity contribution in [1.29, 1.82) is 0 Å². The van der Waals surface area contributed by atoms with Gasteiger partial charge in [0, 0.05) is 17.7 Å². The quantitative estimate of drug-likeness (QED) is 0.131. The normalized spacial score (nSPS) is 30.4. The summed E-state index contributed by atoms with van der Waals surface area (Å²) in [4.78, 5) is 13.5. The highest BCUT2D eigenvalue weighted by Gasteiger charge is 2.48. The van der Waals surface area contributed by atoms with Gasteiger partial charge in [-0.15, -0.1) is 0 Å². The molecule has 2 aromatic carbocycles. The number of hydrogen-bond acceptors (Lipinski definition) is 16. The summed E-state index contributed by atoms with van der Waals surface area (Å²) in [5.74, 6) is -3.24. The summed E-state index contributed by atoms with van der Waals surface area (Å²) >= 11 is 0. The molecule has 3 heterocycles. The molecule has 2 aliphatic heterocycles. The van der Waals surface area contributed by atoms with Gasteiger partial charge in [0.15, 0.2) is 23.5 Å². The number of aromatic hydroxyl groups is 4. The van der Waals surface area contributed by atoms with Crippen LogP contribution in [-0.4, -0.2) is 120 Å². The summed E-state index contributed by atoms with van der Waals surface area (Å²) in [6.07, 6.45) is -14.7. The lowest BCUT2D eigenvalue weighted by Crippen LogP contribution is -2.54. The van der Waals surface area contributed by atoms with Crippen molar-refractivity contribution in [1.82, 2.24) is 0 Å². The van der Waals surface area contributed by atoms with Crippen LogP contribution in [0.15, 0.2) is 39.5 Å². The molecular formula is C26H28O16. The van der Waals surface area contributed by atoms with Crippen LogP contribution in [0.4, 0.5) is 0 Å². The summed E-state index contributed by atoms with van der Waals surface area (Å²) in [5, 5.41) is 101. The van der Waals surface area contributed by atoms with Gasteiger partial charge in [-0.2, -0.15) is 0 Å². The van der Waals surface area contributed by atoms with E-state index >= 15 is 0 Å². The number of aliphatic hydroxyl groups excluding tert-OH is 6. The molecular weight excluding hydrogens is 568 g/mol. The maximum Gasteiger partial charge on any atom is 0.239 e. The first-order valence-corrected chi connectivity index (χ1v) is 12.6. The number of benzene rings is 2. The van der Waals surface area contributed by atoms with Crippen molar-refractivity contribution in [3.05, 3.63) is 40.6 Å². The molecule has 2 saturated heterocycles. The van der Waals surface area contributed by atoms with Gasteiger partial charge < -0.3 is 74.4 Å². The standard InChI is InChI=1S/C26H28O16/c27-9-4-12(30)16-15(5-9)40-22(8-1-2-10(28)11(29)3-8)24(18(16)34)42-26-21(37)19(35)23(41-26)14(32)7-39-25-20(36)17(33)13(31)6-38-25/h1-5,13-14,17,19-21,23,25-33,35-37H,6-7H2/t13-,14+,17-,19+,20+,21+,23+,25-,26-/m0/s1. The Labute approximate surface area is 235 Å². The number of hydrogen-bond donors (Lipinski definition) is 10. The van der Waals surface area contributed by atoms with E-state index in [1.165, 1.54) is 6.07 Å². The third kappa shape index (κ3) is 5.42. The Kier molecular flexibility index (Phi) is 8.17. The fourth-order valence-corrected chi connectivity index (χ4v) is 4.65. The van der Waals surface area contributed by atoms with Crippen LogP contribution in [-0.2, 0) is 14.2 Å². The molecule has 0 unspecified atom stereocenters. The molecule has 2 aliphatic rings. The summed E-state index contributed by atoms with van der Waals surface area (Å²) in [6, 6.07) is 5.27. The van der Waals surface area contributed by atoms with Gasteiger partial charge in [-0.3, -0.25) is 4.79 Å². The average molecular weight is 596 g/mol. The zero-order valence-electron chi connectivity index (χ0n) is 21.4. The Bertz CT molecular complexity index is 1510. The zero-order chi connectivity index (χ0) is 30.5. The molecule has 0 saturated carbocycles. The minimum absolute atomic E-state index is 0.0153. The van der Waals surface area contributed by atoms with Gasteiger partial charge in [-0.05, 0) is 18.2 Å². The first-order chi connectivity index (χ1) is 19.9. The van der Waals surface area contributed by atoms with Crippen LogP contribution < -0.4 is 10.2 Å². The van der Waals surface area contributed by atoms with Crippen LogP contribution in [0, 0.1) is 0 Å². The van der Waals surface area contributed by atoms with Crippen molar-refractivity contribution in [2.45, 2.75) is 55.3 Å². The van der Waals surface area contributed by atoms with Gasteiger partial charge in [0.25, 0.3) is 0 Å². The summed E-state index contributed by atoms with van der Waals surface area (Å²) in [5.41, 5.74) is -1.30. The van der Waals surface area contributed by atoms with Crippen molar-refractivity contribution < 1.29 is 74.4 Å². The highest BCUT2D eigenvalue weighted by Crippen LogP contribution is 2.39. The molecule has 5 rings (SSSR count). The first-order valence-electron chi connectivity index (χ1n) is 12.6. The Morgan fingerprint density at radius 3 is 2.29 bits per heavy atom. The van der Waals surface area contributed by atoms with Crippen LogP contribution in [0.1, 0.15) is 0 Å². The van der Waals surface area contributed by atoms with E-state index in [1.54, 1.807) is 0 Å². The van der Waals surface area contributed by atoms with Gasteiger partial charge in [0.2, 0.25) is 17.5 Å². The van der Waals surface area contributed by atoms with E-state index in [2.05, 4.69) is 0 Å². The Morgan fingerprint density at radius 1 is 0.857 bits per heavy atom. The van der Waals surface area contributed by atoms with Gasteiger partial charge in [-0.25, -0.2) is 0 Å². The molecule has 9 atom stereocenters. The second-order valence-corrected chi connectivity index (χ2v) is 9.85. The molecule has 0 radical (unpaired) electrons. The molecule has 0 amide bonds. The van der Waals surface area contributed by atoms with Crippen molar-refractivity contribution >= 4 is 11.0 Å². The lowest BCUT2D eigenvalue weighted by Gasteiger charge is -2.35. The lowest BCUT2D eigenvalue weighted by atomic mass is 10.1. The van der Waals surface area contributed by atoms with E-state index in [0.29, 0.717) is 0 Å². The highest BCUT2D eigenvalue weighted by atomic mass is 16.7. The van der Waals surface area contributed by atoms with E-state index in [-0.39, 0.29) is 23.5 Å². The number of aliphatic hydroxyl groups is 6. The van der Waals surface area contributed by atoms with Crippen LogP contribution in [0.3, 0.4) is 0 Å². The first kappa shape index (κ1) is 29.8. The SMILES string of the molecule is O=c1c(O[C@@H]2O[C@H]([C@H](O)CO[C@@H]3OC[C@H](O)[C@H](O)[C@H]3O)[C@H](O)[C@H]2O)c(-c2ccc(O)c(O)c2)oc2cc(O)cc(O)c12. The van der Waals surface area contributed by atoms with Crippen LogP contribution >= 0.6 is 0 Å². The lowest BCUT2D eigenvalue weighted by molar-refractivity contribution is -0.278. The van der Waals surface area contributed by atoms with Gasteiger partial charge in [0.05, 0.1) is 13.2 Å². The Morgan fingerprint density at radius 2 is 1.57 bits per heavy atom.